The quantitative estimate of drug-likeness (QED) is 0.352. The second kappa shape index (κ2) is 13.2. The van der Waals surface area contributed by atoms with Gasteiger partial charge in [-0.25, -0.2) is 16.8 Å². The van der Waals surface area contributed by atoms with E-state index in [0.717, 1.165) is 12.1 Å². The molecule has 0 aromatic heterocycles. The molecule has 0 atom stereocenters. The standard InChI is InChI=1S/C27H27Cl3N4O7S2/c28-18-2-1-3-19(14-18)32-42(36,37)26-16-21(22(29)17-23(26)30)27(35)31-24-15-20(43(38,39)34-8-12-41-13-9-34)4-5-25(24)33-6-10-40-11-7-33/h1-5,14-17,32H,6-13H2,(H,31,35). The zero-order valence-electron chi connectivity index (χ0n) is 22.6. The molecule has 5 rings (SSSR count). The van der Waals surface area contributed by atoms with E-state index in [-0.39, 0.29) is 63.1 Å². The van der Waals surface area contributed by atoms with Crippen molar-refractivity contribution in [2.45, 2.75) is 9.79 Å². The van der Waals surface area contributed by atoms with Crippen molar-refractivity contribution in [3.8, 4) is 0 Å². The lowest BCUT2D eigenvalue weighted by atomic mass is 10.2. The van der Waals surface area contributed by atoms with E-state index in [1.165, 1.54) is 28.6 Å². The van der Waals surface area contributed by atoms with Gasteiger partial charge in [0, 0.05) is 31.2 Å². The normalized spacial score (nSPS) is 16.6. The molecule has 43 heavy (non-hydrogen) atoms. The molecule has 0 spiro atoms. The summed E-state index contributed by atoms with van der Waals surface area (Å²) in [6.07, 6.45) is 0. The zero-order valence-corrected chi connectivity index (χ0v) is 26.5. The van der Waals surface area contributed by atoms with E-state index in [2.05, 4.69) is 10.0 Å². The number of amides is 1. The highest BCUT2D eigenvalue weighted by atomic mass is 35.5. The van der Waals surface area contributed by atoms with Crippen molar-refractivity contribution in [1.29, 1.82) is 0 Å². The Balaban J connectivity index is 1.50. The number of carbonyl (C=O) groups is 1. The number of ether oxygens (including phenoxy) is 2. The van der Waals surface area contributed by atoms with Crippen LogP contribution in [0.5, 0.6) is 0 Å². The number of halogens is 3. The molecule has 2 heterocycles. The van der Waals surface area contributed by atoms with Crippen LogP contribution in [0.3, 0.4) is 0 Å². The molecule has 3 aromatic carbocycles. The summed E-state index contributed by atoms with van der Waals surface area (Å²) in [7, 11) is -8.15. The number of rotatable bonds is 8. The summed E-state index contributed by atoms with van der Waals surface area (Å²) in [5.41, 5.74) is 0.775. The Hall–Kier alpha value is -2.62. The van der Waals surface area contributed by atoms with E-state index in [1.807, 2.05) is 4.90 Å². The fraction of sp³-hybridized carbons (Fsp3) is 0.296. The Labute approximate surface area is 264 Å². The molecule has 2 aliphatic heterocycles. The number of hydrogen-bond acceptors (Lipinski definition) is 8. The average molecular weight is 690 g/mol. The van der Waals surface area contributed by atoms with Crippen LogP contribution in [0.15, 0.2) is 64.4 Å². The van der Waals surface area contributed by atoms with Crippen LogP contribution >= 0.6 is 34.8 Å². The molecule has 2 fully saturated rings. The van der Waals surface area contributed by atoms with Crippen LogP contribution in [0.25, 0.3) is 0 Å². The summed E-state index contributed by atoms with van der Waals surface area (Å²) in [4.78, 5) is 15.2. The molecule has 0 saturated carbocycles. The first-order valence-electron chi connectivity index (χ1n) is 13.1. The second-order valence-corrected chi connectivity index (χ2v) is 14.5. The van der Waals surface area contributed by atoms with Crippen LogP contribution < -0.4 is 14.9 Å². The van der Waals surface area contributed by atoms with Gasteiger partial charge in [-0.1, -0.05) is 40.9 Å². The fourth-order valence-electron chi connectivity index (χ4n) is 4.65. The lowest BCUT2D eigenvalue weighted by Crippen LogP contribution is -2.40. The summed E-state index contributed by atoms with van der Waals surface area (Å²) in [6.45, 7) is 2.89. The topological polar surface area (TPSA) is 134 Å². The van der Waals surface area contributed by atoms with Gasteiger partial charge in [0.1, 0.15) is 4.90 Å². The minimum atomic E-state index is -4.27. The zero-order chi connectivity index (χ0) is 30.8. The molecule has 2 aliphatic rings. The van der Waals surface area contributed by atoms with Gasteiger partial charge in [-0.2, -0.15) is 4.31 Å². The lowest BCUT2D eigenvalue weighted by molar-refractivity contribution is 0.0730. The van der Waals surface area contributed by atoms with Gasteiger partial charge in [0.15, 0.2) is 0 Å². The largest absolute Gasteiger partial charge is 0.379 e. The molecule has 0 aliphatic carbocycles. The number of morpholine rings is 2. The van der Waals surface area contributed by atoms with Crippen LogP contribution in [0, 0.1) is 0 Å². The first kappa shape index (κ1) is 31.8. The number of sulfonamides is 2. The van der Waals surface area contributed by atoms with Crippen LogP contribution in [0.2, 0.25) is 15.1 Å². The predicted octanol–water partition coefficient (Wildman–Crippen LogP) is 4.56. The molecule has 1 amide bonds. The molecule has 0 unspecified atom stereocenters. The molecule has 230 valence electrons. The van der Waals surface area contributed by atoms with Gasteiger partial charge in [0.05, 0.1) is 64.0 Å². The van der Waals surface area contributed by atoms with E-state index >= 15 is 0 Å². The number of anilines is 3. The Morgan fingerprint density at radius 3 is 2.14 bits per heavy atom. The van der Waals surface area contributed by atoms with Crippen molar-refractivity contribution in [2.75, 3.05) is 67.5 Å². The Morgan fingerprint density at radius 1 is 0.791 bits per heavy atom. The number of nitrogens with one attached hydrogen (secondary N) is 2. The van der Waals surface area contributed by atoms with Crippen molar-refractivity contribution >= 4 is 77.8 Å². The van der Waals surface area contributed by atoms with Crippen molar-refractivity contribution in [3.63, 3.8) is 0 Å². The van der Waals surface area contributed by atoms with Gasteiger partial charge in [0.25, 0.3) is 15.9 Å². The highest BCUT2D eigenvalue weighted by Crippen LogP contribution is 2.34. The Bertz CT molecular complexity index is 1750. The summed E-state index contributed by atoms with van der Waals surface area (Å²) in [5, 5.41) is 2.76. The van der Waals surface area contributed by atoms with E-state index in [4.69, 9.17) is 44.3 Å². The van der Waals surface area contributed by atoms with Crippen LogP contribution in [0.1, 0.15) is 10.4 Å². The Kier molecular flexibility index (Phi) is 9.73. The smallest absolute Gasteiger partial charge is 0.263 e. The fourth-order valence-corrected chi connectivity index (χ4v) is 8.19. The molecule has 0 radical (unpaired) electrons. The lowest BCUT2D eigenvalue weighted by Gasteiger charge is -2.31. The van der Waals surface area contributed by atoms with Gasteiger partial charge in [-0.3, -0.25) is 9.52 Å². The summed E-state index contributed by atoms with van der Waals surface area (Å²) in [6, 6.07) is 12.8. The second-order valence-electron chi connectivity index (χ2n) is 9.63. The molecule has 0 bridgehead atoms. The number of hydrogen-bond donors (Lipinski definition) is 2. The van der Waals surface area contributed by atoms with Gasteiger partial charge in [-0.15, -0.1) is 0 Å². The number of carbonyl (C=O) groups excluding carboxylic acids is 1. The van der Waals surface area contributed by atoms with E-state index in [0.29, 0.717) is 37.0 Å². The maximum Gasteiger partial charge on any atom is 0.263 e. The average Bonchev–Trinajstić information content (AvgIpc) is 2.97. The van der Waals surface area contributed by atoms with Crippen molar-refractivity contribution < 1.29 is 31.1 Å². The molecule has 2 saturated heterocycles. The maximum atomic E-state index is 13.6. The summed E-state index contributed by atoms with van der Waals surface area (Å²) >= 11 is 18.6. The van der Waals surface area contributed by atoms with Crippen molar-refractivity contribution in [3.05, 3.63) is 75.2 Å². The minimum absolute atomic E-state index is 0.0158. The predicted molar refractivity (Wildman–Crippen MR) is 166 cm³/mol. The summed E-state index contributed by atoms with van der Waals surface area (Å²) in [5.74, 6) is -0.767. The van der Waals surface area contributed by atoms with Gasteiger partial charge in [-0.05, 0) is 48.5 Å². The van der Waals surface area contributed by atoms with Gasteiger partial charge >= 0.3 is 0 Å². The highest BCUT2D eigenvalue weighted by molar-refractivity contribution is 7.92. The monoisotopic (exact) mass is 688 g/mol. The molecular weight excluding hydrogens is 663 g/mol. The van der Waals surface area contributed by atoms with E-state index in [9.17, 15) is 21.6 Å². The first-order chi connectivity index (χ1) is 20.5. The van der Waals surface area contributed by atoms with Crippen LogP contribution in [-0.2, 0) is 29.5 Å². The third kappa shape index (κ3) is 7.21. The van der Waals surface area contributed by atoms with Gasteiger partial charge < -0.3 is 19.7 Å². The minimum Gasteiger partial charge on any atom is -0.379 e. The van der Waals surface area contributed by atoms with Crippen LogP contribution in [0.4, 0.5) is 17.1 Å². The maximum absolute atomic E-state index is 13.6. The SMILES string of the molecule is O=C(Nc1cc(S(=O)(=O)N2CCOCC2)ccc1N1CCOCC1)c1cc(S(=O)(=O)Nc2cccc(Cl)c2)c(Cl)cc1Cl. The van der Waals surface area contributed by atoms with Crippen molar-refractivity contribution in [1.82, 2.24) is 4.31 Å². The molecule has 2 N–H and O–H groups in total. The van der Waals surface area contributed by atoms with Crippen LogP contribution in [-0.4, -0.2) is 79.7 Å². The molecule has 3 aromatic rings. The molecular formula is C27H27Cl3N4O7S2. The number of nitrogens with zero attached hydrogens (tertiary/aromatic N) is 2. The molecule has 16 heteroatoms. The summed E-state index contributed by atoms with van der Waals surface area (Å²) < 4.78 is 67.7. The van der Waals surface area contributed by atoms with Crippen molar-refractivity contribution in [2.24, 2.45) is 0 Å². The van der Waals surface area contributed by atoms with Gasteiger partial charge in [0.2, 0.25) is 10.0 Å². The van der Waals surface area contributed by atoms with E-state index in [1.54, 1.807) is 18.2 Å². The highest BCUT2D eigenvalue weighted by Gasteiger charge is 2.29. The third-order valence-corrected chi connectivity index (χ3v) is 11.1. The Morgan fingerprint density at radius 2 is 1.47 bits per heavy atom. The van der Waals surface area contributed by atoms with E-state index < -0.39 is 26.0 Å². The number of benzene rings is 3. The first-order valence-corrected chi connectivity index (χ1v) is 17.1. The molecule has 11 nitrogen and oxygen atoms in total. The third-order valence-electron chi connectivity index (χ3n) is 6.81.